The number of ether oxygens (including phenoxy) is 2. The van der Waals surface area contributed by atoms with Crippen LogP contribution in [0.3, 0.4) is 0 Å². The number of amides is 2. The number of benzene rings is 2. The van der Waals surface area contributed by atoms with Gasteiger partial charge >= 0.3 is 0 Å². The molecule has 7 nitrogen and oxygen atoms in total. The Morgan fingerprint density at radius 2 is 1.69 bits per heavy atom. The van der Waals surface area contributed by atoms with Gasteiger partial charge in [0, 0.05) is 18.7 Å². The molecular weight excluding hydrogens is 463 g/mol. The van der Waals surface area contributed by atoms with Gasteiger partial charge in [0.15, 0.2) is 11.5 Å². The third-order valence-corrected chi connectivity index (χ3v) is 5.69. The van der Waals surface area contributed by atoms with Crippen LogP contribution in [0.4, 0.5) is 4.39 Å². The van der Waals surface area contributed by atoms with Crippen LogP contribution in [-0.4, -0.2) is 55.5 Å². The van der Waals surface area contributed by atoms with Gasteiger partial charge in [-0.25, -0.2) is 4.39 Å². The Kier molecular flexibility index (Phi) is 9.50. The number of nitrogens with zero attached hydrogens (tertiary/aromatic N) is 2. The molecule has 0 aliphatic heterocycles. The Morgan fingerprint density at radius 1 is 0.972 bits per heavy atom. The predicted octanol–water partition coefficient (Wildman–Crippen LogP) is 4.81. The van der Waals surface area contributed by atoms with Gasteiger partial charge in [-0.2, -0.15) is 0 Å². The summed E-state index contributed by atoms with van der Waals surface area (Å²) in [7, 11) is 3.16. The largest absolute Gasteiger partial charge is 0.493 e. The molecule has 2 aromatic carbocycles. The topological polar surface area (TPSA) is 72.2 Å². The van der Waals surface area contributed by atoms with E-state index in [-0.39, 0.29) is 30.8 Å². The van der Waals surface area contributed by atoms with Crippen LogP contribution in [0.2, 0.25) is 0 Å². The molecule has 2 amide bonds. The molecule has 36 heavy (non-hydrogen) atoms. The highest BCUT2D eigenvalue weighted by Crippen LogP contribution is 2.27. The second-order valence-corrected chi connectivity index (χ2v) is 8.92. The Labute approximate surface area is 211 Å². The maximum atomic E-state index is 13.5. The van der Waals surface area contributed by atoms with Gasteiger partial charge in [-0.05, 0) is 66.4 Å². The van der Waals surface area contributed by atoms with Crippen molar-refractivity contribution in [2.24, 2.45) is 5.92 Å². The first-order chi connectivity index (χ1) is 17.3. The molecule has 0 atom stereocenters. The van der Waals surface area contributed by atoms with Crippen molar-refractivity contribution < 1.29 is 27.9 Å². The van der Waals surface area contributed by atoms with E-state index in [1.807, 2.05) is 38.1 Å². The van der Waals surface area contributed by atoms with Crippen LogP contribution < -0.4 is 9.47 Å². The first-order valence-electron chi connectivity index (χ1n) is 11.9. The summed E-state index contributed by atoms with van der Waals surface area (Å²) >= 11 is 0. The molecule has 3 aromatic rings. The van der Waals surface area contributed by atoms with Crippen LogP contribution in [0.5, 0.6) is 11.5 Å². The molecule has 192 valence electrons. The van der Waals surface area contributed by atoms with Crippen molar-refractivity contribution in [3.63, 3.8) is 0 Å². The number of hydrogen-bond donors (Lipinski definition) is 0. The van der Waals surface area contributed by atoms with Crippen LogP contribution in [0.1, 0.15) is 35.5 Å². The number of furan rings is 1. The number of hydrogen-bond acceptors (Lipinski definition) is 5. The lowest BCUT2D eigenvalue weighted by Gasteiger charge is -2.28. The summed E-state index contributed by atoms with van der Waals surface area (Å²) < 4.78 is 29.5. The SMILES string of the molecule is COc1ccc(CCN(Cc2ccco2)C(=O)CN(CC(C)C)C(=O)c2ccc(F)cc2)cc1OC. The fraction of sp³-hybridized carbons (Fsp3) is 0.357. The molecule has 8 heteroatoms. The van der Waals surface area contributed by atoms with E-state index in [0.717, 1.165) is 5.56 Å². The highest BCUT2D eigenvalue weighted by atomic mass is 19.1. The Hall–Kier alpha value is -3.81. The minimum absolute atomic E-state index is 0.0962. The van der Waals surface area contributed by atoms with Gasteiger partial charge in [-0.15, -0.1) is 0 Å². The molecule has 0 saturated carbocycles. The fourth-order valence-corrected chi connectivity index (χ4v) is 3.88. The van der Waals surface area contributed by atoms with E-state index in [1.165, 1.54) is 29.2 Å². The van der Waals surface area contributed by atoms with Crippen molar-refractivity contribution in [2.75, 3.05) is 33.9 Å². The van der Waals surface area contributed by atoms with E-state index < -0.39 is 5.82 Å². The van der Waals surface area contributed by atoms with Crippen LogP contribution in [0.15, 0.2) is 65.3 Å². The summed E-state index contributed by atoms with van der Waals surface area (Å²) in [5.74, 6) is 1.11. The molecule has 0 radical (unpaired) electrons. The van der Waals surface area contributed by atoms with Gasteiger partial charge < -0.3 is 23.7 Å². The first-order valence-corrected chi connectivity index (χ1v) is 11.9. The Balaban J connectivity index is 1.77. The van der Waals surface area contributed by atoms with E-state index in [2.05, 4.69) is 0 Å². The fourth-order valence-electron chi connectivity index (χ4n) is 3.88. The third kappa shape index (κ3) is 7.34. The highest BCUT2D eigenvalue weighted by Gasteiger charge is 2.24. The predicted molar refractivity (Wildman–Crippen MR) is 135 cm³/mol. The molecule has 0 saturated heterocycles. The quantitative estimate of drug-likeness (QED) is 0.360. The molecule has 0 unspecified atom stereocenters. The van der Waals surface area contributed by atoms with Gasteiger partial charge in [0.1, 0.15) is 18.1 Å². The summed E-state index contributed by atoms with van der Waals surface area (Å²) in [5.41, 5.74) is 1.32. The summed E-state index contributed by atoms with van der Waals surface area (Å²) in [4.78, 5) is 29.8. The number of carbonyl (C=O) groups excluding carboxylic acids is 2. The molecule has 0 bridgehead atoms. The number of rotatable bonds is 12. The maximum absolute atomic E-state index is 13.5. The smallest absolute Gasteiger partial charge is 0.254 e. The highest BCUT2D eigenvalue weighted by molar-refractivity contribution is 5.96. The standard InChI is InChI=1S/C28H33FN2O5/c1-20(2)17-31(28(33)22-8-10-23(29)11-9-22)19-27(32)30(18-24-6-5-15-36-24)14-13-21-7-12-25(34-3)26(16-21)35-4/h5-12,15-16,20H,13-14,17-19H2,1-4H3. The van der Waals surface area contributed by atoms with Crippen LogP contribution in [0, 0.1) is 11.7 Å². The van der Waals surface area contributed by atoms with Crippen molar-refractivity contribution in [2.45, 2.75) is 26.8 Å². The Bertz CT molecular complexity index is 1130. The molecular formula is C28H33FN2O5. The van der Waals surface area contributed by atoms with Crippen LogP contribution in [0.25, 0.3) is 0 Å². The van der Waals surface area contributed by atoms with E-state index in [9.17, 15) is 14.0 Å². The summed E-state index contributed by atoms with van der Waals surface area (Å²) in [6, 6.07) is 14.6. The number of carbonyl (C=O) groups is 2. The van der Waals surface area contributed by atoms with E-state index in [0.29, 0.717) is 42.3 Å². The third-order valence-electron chi connectivity index (χ3n) is 5.69. The second kappa shape index (κ2) is 12.8. The van der Waals surface area contributed by atoms with Crippen LogP contribution in [-0.2, 0) is 17.8 Å². The molecule has 0 spiro atoms. The molecule has 0 fully saturated rings. The van der Waals surface area contributed by atoms with E-state index >= 15 is 0 Å². The molecule has 0 aliphatic rings. The van der Waals surface area contributed by atoms with E-state index in [4.69, 9.17) is 13.9 Å². The zero-order valence-electron chi connectivity index (χ0n) is 21.2. The van der Waals surface area contributed by atoms with Crippen molar-refractivity contribution in [1.29, 1.82) is 0 Å². The van der Waals surface area contributed by atoms with E-state index in [1.54, 1.807) is 31.4 Å². The maximum Gasteiger partial charge on any atom is 0.254 e. The Morgan fingerprint density at radius 3 is 2.31 bits per heavy atom. The van der Waals surface area contributed by atoms with Gasteiger partial charge in [0.2, 0.25) is 5.91 Å². The normalized spacial score (nSPS) is 10.8. The summed E-state index contributed by atoms with van der Waals surface area (Å²) in [6.07, 6.45) is 2.14. The van der Waals surface area contributed by atoms with Gasteiger partial charge in [-0.1, -0.05) is 19.9 Å². The van der Waals surface area contributed by atoms with Crippen molar-refractivity contribution in [3.8, 4) is 11.5 Å². The summed E-state index contributed by atoms with van der Waals surface area (Å²) in [5, 5.41) is 0. The molecule has 0 aliphatic carbocycles. The van der Waals surface area contributed by atoms with Crippen LogP contribution >= 0.6 is 0 Å². The molecule has 1 aromatic heterocycles. The zero-order valence-corrected chi connectivity index (χ0v) is 21.2. The number of methoxy groups -OCH3 is 2. The lowest BCUT2D eigenvalue weighted by atomic mass is 10.1. The van der Waals surface area contributed by atoms with Crippen molar-refractivity contribution >= 4 is 11.8 Å². The van der Waals surface area contributed by atoms with Crippen molar-refractivity contribution in [3.05, 3.63) is 83.6 Å². The molecule has 1 heterocycles. The van der Waals surface area contributed by atoms with Crippen molar-refractivity contribution in [1.82, 2.24) is 9.80 Å². The van der Waals surface area contributed by atoms with Gasteiger partial charge in [0.05, 0.1) is 27.0 Å². The zero-order chi connectivity index (χ0) is 26.1. The number of halogens is 1. The first kappa shape index (κ1) is 26.8. The average molecular weight is 497 g/mol. The lowest BCUT2D eigenvalue weighted by molar-refractivity contribution is -0.132. The minimum atomic E-state index is -0.419. The molecule has 3 rings (SSSR count). The summed E-state index contributed by atoms with van der Waals surface area (Å²) in [6.45, 7) is 4.95. The molecule has 0 N–H and O–H groups in total. The monoisotopic (exact) mass is 496 g/mol. The van der Waals surface area contributed by atoms with Gasteiger partial charge in [-0.3, -0.25) is 9.59 Å². The average Bonchev–Trinajstić information content (AvgIpc) is 3.38. The lowest BCUT2D eigenvalue weighted by Crippen LogP contribution is -2.44. The van der Waals surface area contributed by atoms with Gasteiger partial charge in [0.25, 0.3) is 5.91 Å². The second-order valence-electron chi connectivity index (χ2n) is 8.92. The minimum Gasteiger partial charge on any atom is -0.493 e.